The first kappa shape index (κ1) is 20.0. The minimum absolute atomic E-state index is 0.0110. The van der Waals surface area contributed by atoms with Gasteiger partial charge in [0.05, 0.1) is 18.7 Å². The molecule has 0 radical (unpaired) electrons. The number of carbonyl (C=O) groups excluding carboxylic acids is 2. The highest BCUT2D eigenvalue weighted by Gasteiger charge is 2.42. The van der Waals surface area contributed by atoms with E-state index < -0.39 is 11.8 Å². The Morgan fingerprint density at radius 3 is 2.60 bits per heavy atom. The van der Waals surface area contributed by atoms with Crippen LogP contribution in [0.1, 0.15) is 37.7 Å². The summed E-state index contributed by atoms with van der Waals surface area (Å²) in [6, 6.07) is 13.2. The molecule has 1 N–H and O–H groups in total. The van der Waals surface area contributed by atoms with Crippen LogP contribution in [0.4, 0.5) is 10.1 Å². The highest BCUT2D eigenvalue weighted by atomic mass is 19.1. The van der Waals surface area contributed by atoms with E-state index in [1.54, 1.807) is 24.3 Å². The lowest BCUT2D eigenvalue weighted by Gasteiger charge is -2.35. The predicted molar refractivity (Wildman–Crippen MR) is 113 cm³/mol. The third-order valence-corrected chi connectivity index (χ3v) is 5.71. The number of hydrogen-bond donors (Lipinski definition) is 1. The van der Waals surface area contributed by atoms with E-state index >= 15 is 0 Å². The summed E-state index contributed by atoms with van der Waals surface area (Å²) in [5.74, 6) is -1.26. The van der Waals surface area contributed by atoms with Crippen LogP contribution in [0.15, 0.2) is 64.8 Å². The number of ketones is 1. The Hall–Kier alpha value is -3.28. The maximum atomic E-state index is 13.6. The van der Waals surface area contributed by atoms with Crippen molar-refractivity contribution in [1.82, 2.24) is 0 Å². The molecule has 6 heteroatoms. The number of anilines is 1. The highest BCUT2D eigenvalue weighted by molar-refractivity contribution is 6.13. The lowest BCUT2D eigenvalue weighted by molar-refractivity contribution is -0.119. The second kappa shape index (κ2) is 8.22. The van der Waals surface area contributed by atoms with E-state index in [9.17, 15) is 14.0 Å². The van der Waals surface area contributed by atoms with Crippen LogP contribution < -0.4 is 10.1 Å². The standard InChI is InChI=1S/C24H23FN2O3/c1-14-21(24(29)27-17-6-3-4-9-20(17)30-2)22(15-10-12-16(25)13-11-15)23-18(26-14)7-5-8-19(23)28/h3-4,6,9-13,21-22H,5,7-8H2,1-2H3,(H,27,29)/t21?,22-/m1/s1. The molecule has 1 heterocycles. The molecule has 2 aliphatic rings. The van der Waals surface area contributed by atoms with Crippen LogP contribution in [-0.4, -0.2) is 24.5 Å². The normalized spacial score (nSPS) is 21.0. The third-order valence-electron chi connectivity index (χ3n) is 5.71. The highest BCUT2D eigenvalue weighted by Crippen LogP contribution is 2.43. The predicted octanol–water partition coefficient (Wildman–Crippen LogP) is 4.65. The maximum Gasteiger partial charge on any atom is 0.234 e. The van der Waals surface area contributed by atoms with Crippen LogP contribution in [0.3, 0.4) is 0 Å². The molecule has 0 spiro atoms. The molecule has 2 aromatic rings. The van der Waals surface area contributed by atoms with Gasteiger partial charge < -0.3 is 10.1 Å². The molecule has 2 aromatic carbocycles. The number of aliphatic imine (C=N–C) groups is 1. The van der Waals surface area contributed by atoms with Gasteiger partial charge in [0.25, 0.3) is 0 Å². The van der Waals surface area contributed by atoms with E-state index in [-0.39, 0.29) is 17.5 Å². The van der Waals surface area contributed by atoms with Crippen LogP contribution in [0, 0.1) is 11.7 Å². The largest absolute Gasteiger partial charge is 0.495 e. The number of nitrogens with zero attached hydrogens (tertiary/aromatic N) is 1. The number of halogens is 1. The number of amides is 1. The second-order valence-corrected chi connectivity index (χ2v) is 7.59. The van der Waals surface area contributed by atoms with Crippen molar-refractivity contribution in [2.45, 2.75) is 32.1 Å². The van der Waals surface area contributed by atoms with Gasteiger partial charge in [0.15, 0.2) is 5.78 Å². The first-order chi connectivity index (χ1) is 14.5. The second-order valence-electron chi connectivity index (χ2n) is 7.59. The smallest absolute Gasteiger partial charge is 0.234 e. The molecule has 1 amide bonds. The molecule has 0 saturated carbocycles. The topological polar surface area (TPSA) is 67.8 Å². The summed E-state index contributed by atoms with van der Waals surface area (Å²) >= 11 is 0. The van der Waals surface area contributed by atoms with E-state index in [2.05, 4.69) is 10.3 Å². The lowest BCUT2D eigenvalue weighted by Crippen LogP contribution is -2.39. The number of allylic oxidation sites excluding steroid dienone is 2. The average molecular weight is 406 g/mol. The molecule has 1 aliphatic heterocycles. The molecule has 0 fully saturated rings. The van der Waals surface area contributed by atoms with Gasteiger partial charge in [-0.05, 0) is 49.6 Å². The Labute approximate surface area is 174 Å². The van der Waals surface area contributed by atoms with E-state index in [0.717, 1.165) is 17.7 Å². The summed E-state index contributed by atoms with van der Waals surface area (Å²) in [5.41, 5.74) is 3.25. The van der Waals surface area contributed by atoms with Gasteiger partial charge in [0, 0.05) is 29.3 Å². The minimum atomic E-state index is -0.679. The molecule has 1 unspecified atom stereocenters. The maximum absolute atomic E-state index is 13.6. The molecule has 0 saturated heterocycles. The van der Waals surface area contributed by atoms with E-state index in [0.29, 0.717) is 35.6 Å². The Kier molecular flexibility index (Phi) is 5.48. The van der Waals surface area contributed by atoms with E-state index in [4.69, 9.17) is 4.74 Å². The van der Waals surface area contributed by atoms with Gasteiger partial charge in [-0.2, -0.15) is 0 Å². The number of benzene rings is 2. The molecule has 2 atom stereocenters. The molecule has 154 valence electrons. The molecular formula is C24H23FN2O3. The molecule has 4 rings (SSSR count). The van der Waals surface area contributed by atoms with Crippen molar-refractivity contribution in [3.63, 3.8) is 0 Å². The number of nitrogens with one attached hydrogen (secondary N) is 1. The zero-order valence-electron chi connectivity index (χ0n) is 16.9. The monoisotopic (exact) mass is 406 g/mol. The van der Waals surface area contributed by atoms with Gasteiger partial charge in [-0.15, -0.1) is 0 Å². The van der Waals surface area contributed by atoms with Crippen molar-refractivity contribution < 1.29 is 18.7 Å². The zero-order chi connectivity index (χ0) is 21.3. The minimum Gasteiger partial charge on any atom is -0.495 e. The van der Waals surface area contributed by atoms with Crippen molar-refractivity contribution in [3.8, 4) is 5.75 Å². The van der Waals surface area contributed by atoms with E-state index in [1.807, 2.05) is 19.1 Å². The van der Waals surface area contributed by atoms with Crippen molar-refractivity contribution in [2.24, 2.45) is 10.9 Å². The van der Waals surface area contributed by atoms with Gasteiger partial charge in [-0.3, -0.25) is 14.6 Å². The molecule has 1 aliphatic carbocycles. The van der Waals surface area contributed by atoms with Gasteiger partial charge in [-0.1, -0.05) is 24.3 Å². The number of hydrogen-bond acceptors (Lipinski definition) is 4. The number of methoxy groups -OCH3 is 1. The van der Waals surface area contributed by atoms with Gasteiger partial charge in [0.1, 0.15) is 11.6 Å². The summed E-state index contributed by atoms with van der Waals surface area (Å²) in [7, 11) is 1.54. The Morgan fingerprint density at radius 2 is 1.87 bits per heavy atom. The van der Waals surface area contributed by atoms with Crippen molar-refractivity contribution in [1.29, 1.82) is 0 Å². The first-order valence-corrected chi connectivity index (χ1v) is 10.0. The summed E-state index contributed by atoms with van der Waals surface area (Å²) < 4.78 is 18.9. The number of ether oxygens (including phenoxy) is 1. The van der Waals surface area contributed by atoms with Crippen LogP contribution in [-0.2, 0) is 9.59 Å². The fraction of sp³-hybridized carbons (Fsp3) is 0.292. The molecular weight excluding hydrogens is 383 g/mol. The quantitative estimate of drug-likeness (QED) is 0.803. The summed E-state index contributed by atoms with van der Waals surface area (Å²) in [5, 5.41) is 2.93. The van der Waals surface area contributed by atoms with Gasteiger partial charge in [0.2, 0.25) is 5.91 Å². The van der Waals surface area contributed by atoms with Crippen molar-refractivity contribution >= 4 is 23.1 Å². The summed E-state index contributed by atoms with van der Waals surface area (Å²) in [4.78, 5) is 30.9. The molecule has 30 heavy (non-hydrogen) atoms. The first-order valence-electron chi connectivity index (χ1n) is 10.0. The van der Waals surface area contributed by atoms with Gasteiger partial charge in [-0.25, -0.2) is 4.39 Å². The van der Waals surface area contributed by atoms with Crippen molar-refractivity contribution in [2.75, 3.05) is 12.4 Å². The zero-order valence-corrected chi connectivity index (χ0v) is 16.9. The summed E-state index contributed by atoms with van der Waals surface area (Å²) in [6.45, 7) is 1.81. The SMILES string of the molecule is COc1ccccc1NC(=O)C1C(C)=NC2=C(C(=O)CCC2)[C@@H]1c1ccc(F)cc1. The Bertz CT molecular complexity index is 1060. The molecule has 5 nitrogen and oxygen atoms in total. The van der Waals surface area contributed by atoms with Crippen LogP contribution in [0.2, 0.25) is 0 Å². The molecule has 0 bridgehead atoms. The fourth-order valence-electron chi connectivity index (χ4n) is 4.33. The number of para-hydroxylation sites is 2. The number of carbonyl (C=O) groups is 2. The van der Waals surface area contributed by atoms with Crippen LogP contribution in [0.25, 0.3) is 0 Å². The molecule has 0 aromatic heterocycles. The van der Waals surface area contributed by atoms with E-state index in [1.165, 1.54) is 19.2 Å². The number of rotatable bonds is 4. The van der Waals surface area contributed by atoms with Gasteiger partial charge >= 0.3 is 0 Å². The fourth-order valence-corrected chi connectivity index (χ4v) is 4.33. The average Bonchev–Trinajstić information content (AvgIpc) is 2.74. The van der Waals surface area contributed by atoms with Crippen LogP contribution in [0.5, 0.6) is 5.75 Å². The van der Waals surface area contributed by atoms with Crippen LogP contribution >= 0.6 is 0 Å². The number of Topliss-reactive ketones (excluding diaryl/α,β-unsaturated/α-hetero) is 1. The third kappa shape index (κ3) is 3.65. The lowest BCUT2D eigenvalue weighted by atomic mass is 9.71. The van der Waals surface area contributed by atoms with Crippen molar-refractivity contribution in [3.05, 3.63) is 71.2 Å². The summed E-state index contributed by atoms with van der Waals surface area (Å²) in [6.07, 6.45) is 1.89. The Morgan fingerprint density at radius 1 is 1.13 bits per heavy atom. The Balaban J connectivity index is 1.77.